The molecule has 0 saturated carbocycles. The summed E-state index contributed by atoms with van der Waals surface area (Å²) in [5.74, 6) is -0.433. The minimum atomic E-state index is -3.54. The van der Waals surface area contributed by atoms with Crippen molar-refractivity contribution in [3.63, 3.8) is 0 Å². The molecule has 1 fully saturated rings. The second kappa shape index (κ2) is 14.6. The van der Waals surface area contributed by atoms with E-state index in [-0.39, 0.29) is 24.2 Å². The largest absolute Gasteiger partial charge is 0.346 e. The lowest BCUT2D eigenvalue weighted by Gasteiger charge is -2.32. The number of aryl methyl sites for hydroxylation is 1. The van der Waals surface area contributed by atoms with Crippen LogP contribution in [-0.4, -0.2) is 69.4 Å². The van der Waals surface area contributed by atoms with E-state index in [2.05, 4.69) is 15.5 Å². The van der Waals surface area contributed by atoms with Gasteiger partial charge in [0.25, 0.3) is 5.91 Å². The summed E-state index contributed by atoms with van der Waals surface area (Å²) in [7, 11) is -1.51. The number of hydrogen-bond donors (Lipinski definition) is 2. The number of nitrogens with zero attached hydrogens (tertiary/aromatic N) is 2. The van der Waals surface area contributed by atoms with E-state index in [4.69, 9.17) is 0 Å². The average molecular weight is 575 g/mol. The molecule has 1 saturated heterocycles. The fraction of sp³-hybridized carbons (Fsp3) is 0.312. The first kappa shape index (κ1) is 30.0. The van der Waals surface area contributed by atoms with Gasteiger partial charge < -0.3 is 20.4 Å². The van der Waals surface area contributed by atoms with Gasteiger partial charge in [0.1, 0.15) is 0 Å². The smallest absolute Gasteiger partial charge is 0.317 e. The number of benzene rings is 3. The quantitative estimate of drug-likeness (QED) is 0.361. The van der Waals surface area contributed by atoms with E-state index in [9.17, 15) is 18.0 Å². The van der Waals surface area contributed by atoms with E-state index in [0.717, 1.165) is 18.7 Å². The van der Waals surface area contributed by atoms with Crippen molar-refractivity contribution < 1.29 is 18.0 Å². The van der Waals surface area contributed by atoms with Crippen LogP contribution in [-0.2, 0) is 28.6 Å². The van der Waals surface area contributed by atoms with Crippen LogP contribution in [0.4, 0.5) is 4.79 Å². The number of urea groups is 1. The van der Waals surface area contributed by atoms with Crippen LogP contribution < -0.4 is 10.6 Å². The van der Waals surface area contributed by atoms with Crippen LogP contribution in [0.3, 0.4) is 0 Å². The van der Waals surface area contributed by atoms with Crippen molar-refractivity contribution >= 4 is 21.8 Å². The molecular formula is C32H38N4O4S. The summed E-state index contributed by atoms with van der Waals surface area (Å²) in [4.78, 5) is 30.1. The summed E-state index contributed by atoms with van der Waals surface area (Å²) < 4.78 is 25.7. The van der Waals surface area contributed by atoms with Gasteiger partial charge in [0.2, 0.25) is 0 Å². The Morgan fingerprint density at radius 3 is 2.15 bits per heavy atom. The molecule has 2 N–H and O–H groups in total. The van der Waals surface area contributed by atoms with Crippen LogP contribution in [0.2, 0.25) is 0 Å². The molecule has 4 rings (SSSR count). The molecule has 41 heavy (non-hydrogen) atoms. The molecule has 3 aromatic rings. The van der Waals surface area contributed by atoms with Crippen LogP contribution in [0.1, 0.15) is 33.5 Å². The van der Waals surface area contributed by atoms with Crippen LogP contribution in [0.25, 0.3) is 0 Å². The zero-order valence-corrected chi connectivity index (χ0v) is 24.2. The first-order chi connectivity index (χ1) is 19.8. The molecule has 9 heteroatoms. The Hall–Kier alpha value is -3.95. The maximum atomic E-state index is 13.5. The van der Waals surface area contributed by atoms with E-state index in [1.165, 1.54) is 5.41 Å². The van der Waals surface area contributed by atoms with E-state index in [1.54, 1.807) is 35.2 Å². The summed E-state index contributed by atoms with van der Waals surface area (Å²) in [5, 5.41) is 7.17. The highest BCUT2D eigenvalue weighted by Gasteiger charge is 2.20. The highest BCUT2D eigenvalue weighted by molar-refractivity contribution is 7.93. The van der Waals surface area contributed by atoms with Gasteiger partial charge >= 0.3 is 6.03 Å². The fourth-order valence-corrected chi connectivity index (χ4v) is 5.87. The molecule has 0 aliphatic carbocycles. The molecule has 0 spiro atoms. The third-order valence-corrected chi connectivity index (χ3v) is 8.42. The molecule has 3 amide bonds. The molecule has 1 aliphatic heterocycles. The van der Waals surface area contributed by atoms with Crippen LogP contribution in [0, 0.1) is 0 Å². The topological polar surface area (TPSA) is 98.8 Å². The lowest BCUT2D eigenvalue weighted by Crippen LogP contribution is -2.50. The van der Waals surface area contributed by atoms with Gasteiger partial charge in [-0.15, -0.1) is 0 Å². The number of carbonyl (C=O) groups excluding carboxylic acids is 2. The van der Waals surface area contributed by atoms with Gasteiger partial charge in [-0.25, -0.2) is 13.2 Å². The number of amides is 3. The second-order valence-corrected chi connectivity index (χ2v) is 12.2. The van der Waals surface area contributed by atoms with Gasteiger partial charge in [-0.05, 0) is 42.6 Å². The third kappa shape index (κ3) is 9.58. The van der Waals surface area contributed by atoms with Crippen LogP contribution in [0.15, 0.2) is 96.4 Å². The third-order valence-electron chi connectivity index (χ3n) is 7.11. The van der Waals surface area contributed by atoms with Gasteiger partial charge in [-0.3, -0.25) is 4.79 Å². The molecule has 0 bridgehead atoms. The Balaban J connectivity index is 1.44. The minimum absolute atomic E-state index is 0.112. The number of sulfone groups is 1. The van der Waals surface area contributed by atoms with Gasteiger partial charge in [0.05, 0.1) is 5.75 Å². The molecule has 0 unspecified atom stereocenters. The predicted octanol–water partition coefficient (Wildman–Crippen LogP) is 4.00. The second-order valence-electron chi connectivity index (χ2n) is 10.3. The van der Waals surface area contributed by atoms with Crippen molar-refractivity contribution in [3.8, 4) is 0 Å². The fourth-order valence-electron chi connectivity index (χ4n) is 4.69. The van der Waals surface area contributed by atoms with E-state index in [0.29, 0.717) is 42.6 Å². The molecule has 1 heterocycles. The van der Waals surface area contributed by atoms with Crippen LogP contribution in [0.5, 0.6) is 0 Å². The Morgan fingerprint density at radius 1 is 0.854 bits per heavy atom. The van der Waals surface area contributed by atoms with Crippen molar-refractivity contribution in [1.82, 2.24) is 20.4 Å². The van der Waals surface area contributed by atoms with Crippen molar-refractivity contribution in [1.29, 1.82) is 0 Å². The predicted molar refractivity (Wildman–Crippen MR) is 162 cm³/mol. The Kier molecular flexibility index (Phi) is 10.7. The number of rotatable bonds is 11. The number of carbonyl (C=O) groups is 2. The minimum Gasteiger partial charge on any atom is -0.346 e. The Labute approximate surface area is 243 Å². The maximum absolute atomic E-state index is 13.5. The van der Waals surface area contributed by atoms with E-state index < -0.39 is 15.9 Å². The maximum Gasteiger partial charge on any atom is 0.317 e. The van der Waals surface area contributed by atoms with E-state index in [1.807, 2.05) is 67.7 Å². The Bertz CT molecular complexity index is 1420. The zero-order chi connectivity index (χ0) is 29.1. The molecular weight excluding hydrogens is 536 g/mol. The SMILES string of the molecule is CN1CCN(C(=O)NCc2ccccc2C(=O)N[C@H](/C=C/S(=O)(=O)Cc2ccccc2)CCc2ccccc2)CC1. The standard InChI is InChI=1S/C32H38N4O4S/c1-35-19-21-36(22-20-35)32(38)33-24-28-14-8-9-15-30(28)31(37)34-29(17-16-26-10-4-2-5-11-26)18-23-41(39,40)25-27-12-6-3-7-13-27/h2-15,18,23,29H,16-17,19-22,24-25H2,1H3,(H,33,38)(H,34,37)/b23-18+/t29-/m0/s1. The summed E-state index contributed by atoms with van der Waals surface area (Å²) in [6.07, 6.45) is 2.75. The van der Waals surface area contributed by atoms with Crippen molar-refractivity contribution in [2.24, 2.45) is 0 Å². The number of likely N-dealkylation sites (N-methyl/N-ethyl adjacent to an activating group) is 1. The molecule has 0 radical (unpaired) electrons. The van der Waals surface area contributed by atoms with Gasteiger partial charge in [-0.2, -0.15) is 0 Å². The number of piperazine rings is 1. The molecule has 1 aliphatic rings. The van der Waals surface area contributed by atoms with Gasteiger partial charge in [0.15, 0.2) is 9.84 Å². The molecule has 8 nitrogen and oxygen atoms in total. The molecule has 1 atom stereocenters. The van der Waals surface area contributed by atoms with Crippen molar-refractivity contribution in [3.05, 3.63) is 119 Å². The first-order valence-electron chi connectivity index (χ1n) is 13.9. The van der Waals surface area contributed by atoms with Gasteiger partial charge in [0, 0.05) is 49.7 Å². The zero-order valence-electron chi connectivity index (χ0n) is 23.4. The van der Waals surface area contributed by atoms with Crippen molar-refractivity contribution in [2.45, 2.75) is 31.2 Å². The highest BCUT2D eigenvalue weighted by Crippen LogP contribution is 2.14. The summed E-state index contributed by atoms with van der Waals surface area (Å²) in [6.45, 7) is 3.18. The van der Waals surface area contributed by atoms with E-state index >= 15 is 0 Å². The highest BCUT2D eigenvalue weighted by atomic mass is 32.2. The lowest BCUT2D eigenvalue weighted by molar-refractivity contribution is 0.0941. The van der Waals surface area contributed by atoms with Gasteiger partial charge in [-0.1, -0.05) is 84.9 Å². The van der Waals surface area contributed by atoms with Crippen LogP contribution >= 0.6 is 0 Å². The summed E-state index contributed by atoms with van der Waals surface area (Å²) >= 11 is 0. The number of nitrogens with one attached hydrogen (secondary N) is 2. The summed E-state index contributed by atoms with van der Waals surface area (Å²) in [5.41, 5.74) is 2.93. The average Bonchev–Trinajstić information content (AvgIpc) is 2.98. The lowest BCUT2D eigenvalue weighted by atomic mass is 10.0. The molecule has 216 valence electrons. The monoisotopic (exact) mass is 574 g/mol. The first-order valence-corrected chi connectivity index (χ1v) is 15.6. The Morgan fingerprint density at radius 2 is 1.46 bits per heavy atom. The summed E-state index contributed by atoms with van der Waals surface area (Å²) in [6, 6.07) is 25.4. The molecule has 3 aromatic carbocycles. The normalized spacial score (nSPS) is 15.0. The number of hydrogen-bond acceptors (Lipinski definition) is 5. The molecule has 0 aromatic heterocycles. The van der Waals surface area contributed by atoms with Crippen molar-refractivity contribution in [2.75, 3.05) is 33.2 Å².